The second kappa shape index (κ2) is 13.5. The Bertz CT molecular complexity index is 1490. The summed E-state index contributed by atoms with van der Waals surface area (Å²) in [6, 6.07) is 19.7. The molecule has 2 N–H and O–H groups in total. The smallest absolute Gasteiger partial charge is 0.408 e. The minimum Gasteiger partial charge on any atom is -0.444 e. The van der Waals surface area contributed by atoms with Gasteiger partial charge in [-0.05, 0) is 67.6 Å². The number of carbonyl (C=O) groups is 3. The van der Waals surface area contributed by atoms with Gasteiger partial charge in [0.15, 0.2) is 0 Å². The number of rotatable bonds is 9. The number of amides is 3. The fourth-order valence-electron chi connectivity index (χ4n) is 4.51. The molecular formula is C33H36N4O4. The van der Waals surface area contributed by atoms with Crippen LogP contribution in [0.5, 0.6) is 0 Å². The number of carbonyl (C=O) groups excluding carboxylic acids is 3. The first-order valence-electron chi connectivity index (χ1n) is 13.5. The predicted molar refractivity (Wildman–Crippen MR) is 160 cm³/mol. The SMILES string of the molecule is C#Cc1ccccc1C(C(=O)Nc1ccc2ccccc2c1)N(CC#N)C(=O)C(CC(C)C)NC(=O)OC(C)(C)C. The summed E-state index contributed by atoms with van der Waals surface area (Å²) >= 11 is 0. The minimum absolute atomic E-state index is 0.00527. The van der Waals surface area contributed by atoms with Crippen LogP contribution in [0, 0.1) is 29.6 Å². The average molecular weight is 553 g/mol. The molecule has 2 atom stereocenters. The number of benzene rings is 3. The summed E-state index contributed by atoms with van der Waals surface area (Å²) in [6.07, 6.45) is 5.27. The lowest BCUT2D eigenvalue weighted by molar-refractivity contribution is -0.140. The van der Waals surface area contributed by atoms with Crippen LogP contribution >= 0.6 is 0 Å². The molecule has 3 rings (SSSR count). The minimum atomic E-state index is -1.25. The van der Waals surface area contributed by atoms with E-state index in [2.05, 4.69) is 16.6 Å². The Balaban J connectivity index is 2.06. The molecule has 8 heteroatoms. The highest BCUT2D eigenvalue weighted by Gasteiger charge is 2.37. The summed E-state index contributed by atoms with van der Waals surface area (Å²) in [5.74, 6) is 1.44. The number of nitriles is 1. The molecule has 0 aliphatic carbocycles. The molecule has 2 unspecified atom stereocenters. The van der Waals surface area contributed by atoms with Crippen molar-refractivity contribution in [2.75, 3.05) is 11.9 Å². The van der Waals surface area contributed by atoms with E-state index in [1.54, 1.807) is 51.1 Å². The zero-order valence-corrected chi connectivity index (χ0v) is 24.1. The van der Waals surface area contributed by atoms with E-state index in [0.29, 0.717) is 16.8 Å². The molecule has 3 amide bonds. The maximum absolute atomic E-state index is 14.1. The van der Waals surface area contributed by atoms with Crippen molar-refractivity contribution in [2.24, 2.45) is 5.92 Å². The largest absolute Gasteiger partial charge is 0.444 e. The number of anilines is 1. The number of terminal acetylenes is 1. The molecule has 41 heavy (non-hydrogen) atoms. The summed E-state index contributed by atoms with van der Waals surface area (Å²) in [5, 5.41) is 17.3. The van der Waals surface area contributed by atoms with Gasteiger partial charge in [0.25, 0.3) is 5.91 Å². The topological polar surface area (TPSA) is 112 Å². The molecular weight excluding hydrogens is 516 g/mol. The molecule has 0 saturated heterocycles. The summed E-state index contributed by atoms with van der Waals surface area (Å²) in [7, 11) is 0. The van der Waals surface area contributed by atoms with E-state index < -0.39 is 42.1 Å². The Labute approximate surface area is 241 Å². The standard InChI is InChI=1S/C33H36N4O4/c1-7-23-12-10-11-15-27(23)29(30(38)35-26-17-16-24-13-8-9-14-25(24)21-26)37(19-18-34)31(39)28(20-22(2)3)36-32(40)41-33(4,5)6/h1,8-17,21-22,28-29H,19-20H2,2-6H3,(H,35,38)(H,36,40). The summed E-state index contributed by atoms with van der Waals surface area (Å²) in [4.78, 5) is 41.9. The molecule has 3 aromatic rings. The Kier molecular flexibility index (Phi) is 10.1. The molecule has 0 radical (unpaired) electrons. The highest BCUT2D eigenvalue weighted by Crippen LogP contribution is 2.28. The lowest BCUT2D eigenvalue weighted by Crippen LogP contribution is -2.53. The third-order valence-corrected chi connectivity index (χ3v) is 6.21. The van der Waals surface area contributed by atoms with Crippen LogP contribution < -0.4 is 10.6 Å². The molecule has 212 valence electrons. The second-order valence-corrected chi connectivity index (χ2v) is 11.1. The van der Waals surface area contributed by atoms with Gasteiger partial charge in [-0.25, -0.2) is 4.79 Å². The van der Waals surface area contributed by atoms with Crippen molar-refractivity contribution < 1.29 is 19.1 Å². The van der Waals surface area contributed by atoms with Crippen LogP contribution in [0.15, 0.2) is 66.7 Å². The molecule has 0 heterocycles. The van der Waals surface area contributed by atoms with Gasteiger partial charge in [-0.15, -0.1) is 6.42 Å². The van der Waals surface area contributed by atoms with Gasteiger partial charge in [-0.2, -0.15) is 5.26 Å². The highest BCUT2D eigenvalue weighted by molar-refractivity contribution is 6.00. The average Bonchev–Trinajstić information content (AvgIpc) is 2.91. The molecule has 3 aromatic carbocycles. The number of hydrogen-bond donors (Lipinski definition) is 2. The second-order valence-electron chi connectivity index (χ2n) is 11.1. The molecule has 0 saturated carbocycles. The van der Waals surface area contributed by atoms with Crippen LogP contribution in [0.25, 0.3) is 10.8 Å². The lowest BCUT2D eigenvalue weighted by atomic mass is 9.96. The van der Waals surface area contributed by atoms with Crippen molar-refractivity contribution in [3.05, 3.63) is 77.9 Å². The number of nitrogens with zero attached hydrogens (tertiary/aromatic N) is 2. The third-order valence-electron chi connectivity index (χ3n) is 6.21. The van der Waals surface area contributed by atoms with E-state index in [9.17, 15) is 19.6 Å². The fourth-order valence-corrected chi connectivity index (χ4v) is 4.51. The first-order valence-corrected chi connectivity index (χ1v) is 13.5. The van der Waals surface area contributed by atoms with Crippen LogP contribution in [0.2, 0.25) is 0 Å². The van der Waals surface area contributed by atoms with Gasteiger partial charge in [0, 0.05) is 11.3 Å². The number of alkyl carbamates (subject to hydrolysis) is 1. The lowest BCUT2D eigenvalue weighted by Gasteiger charge is -2.33. The van der Waals surface area contributed by atoms with Crippen molar-refractivity contribution in [3.8, 4) is 18.4 Å². The summed E-state index contributed by atoms with van der Waals surface area (Å²) in [5.41, 5.74) is 0.530. The van der Waals surface area contributed by atoms with Crippen molar-refractivity contribution in [3.63, 3.8) is 0 Å². The van der Waals surface area contributed by atoms with E-state index in [-0.39, 0.29) is 12.3 Å². The number of ether oxygens (including phenoxy) is 1. The Morgan fingerprint density at radius 3 is 2.29 bits per heavy atom. The first-order chi connectivity index (χ1) is 19.4. The fraction of sp³-hybridized carbons (Fsp3) is 0.333. The Morgan fingerprint density at radius 2 is 1.66 bits per heavy atom. The molecule has 8 nitrogen and oxygen atoms in total. The Morgan fingerprint density at radius 1 is 1.00 bits per heavy atom. The van der Waals surface area contributed by atoms with Crippen LogP contribution in [0.1, 0.15) is 58.2 Å². The number of fused-ring (bicyclic) bond motifs is 1. The van der Waals surface area contributed by atoms with Crippen molar-refractivity contribution >= 4 is 34.4 Å². The molecule has 0 aliphatic heterocycles. The maximum Gasteiger partial charge on any atom is 0.408 e. The van der Waals surface area contributed by atoms with Crippen LogP contribution in [0.4, 0.5) is 10.5 Å². The van der Waals surface area contributed by atoms with Crippen LogP contribution in [-0.4, -0.2) is 41.0 Å². The molecule has 0 fully saturated rings. The monoisotopic (exact) mass is 552 g/mol. The van der Waals surface area contributed by atoms with Gasteiger partial charge >= 0.3 is 6.09 Å². The van der Waals surface area contributed by atoms with Crippen LogP contribution in [0.3, 0.4) is 0 Å². The molecule has 0 aromatic heterocycles. The quantitative estimate of drug-likeness (QED) is 0.258. The highest BCUT2D eigenvalue weighted by atomic mass is 16.6. The van der Waals surface area contributed by atoms with Gasteiger partial charge in [0.1, 0.15) is 24.2 Å². The molecule has 0 spiro atoms. The number of nitrogens with one attached hydrogen (secondary N) is 2. The molecule has 0 aliphatic rings. The zero-order valence-electron chi connectivity index (χ0n) is 24.1. The van der Waals surface area contributed by atoms with Crippen molar-refractivity contribution in [1.29, 1.82) is 5.26 Å². The van der Waals surface area contributed by atoms with Crippen molar-refractivity contribution in [1.82, 2.24) is 10.2 Å². The maximum atomic E-state index is 14.1. The van der Waals surface area contributed by atoms with Gasteiger partial charge in [-0.3, -0.25) is 9.59 Å². The van der Waals surface area contributed by atoms with Gasteiger partial charge in [0.2, 0.25) is 5.91 Å². The normalized spacial score (nSPS) is 12.5. The first kappa shape index (κ1) is 30.7. The van der Waals surface area contributed by atoms with E-state index in [1.165, 1.54) is 0 Å². The predicted octanol–water partition coefficient (Wildman–Crippen LogP) is 5.79. The number of hydrogen-bond acceptors (Lipinski definition) is 5. The van der Waals surface area contributed by atoms with Crippen LogP contribution in [-0.2, 0) is 14.3 Å². The van der Waals surface area contributed by atoms with E-state index in [1.807, 2.05) is 56.3 Å². The van der Waals surface area contributed by atoms with E-state index in [4.69, 9.17) is 11.2 Å². The van der Waals surface area contributed by atoms with E-state index >= 15 is 0 Å². The Hall–Kier alpha value is -4.82. The summed E-state index contributed by atoms with van der Waals surface area (Å²) in [6.45, 7) is 8.55. The van der Waals surface area contributed by atoms with Gasteiger partial charge < -0.3 is 20.3 Å². The van der Waals surface area contributed by atoms with E-state index in [0.717, 1.165) is 15.7 Å². The zero-order chi connectivity index (χ0) is 30.2. The summed E-state index contributed by atoms with van der Waals surface area (Å²) < 4.78 is 5.39. The van der Waals surface area contributed by atoms with Gasteiger partial charge in [0.05, 0.1) is 6.07 Å². The third kappa shape index (κ3) is 8.33. The van der Waals surface area contributed by atoms with Gasteiger partial charge in [-0.1, -0.05) is 68.3 Å². The molecule has 0 bridgehead atoms. The van der Waals surface area contributed by atoms with Crippen molar-refractivity contribution in [2.45, 2.75) is 58.7 Å².